The van der Waals surface area contributed by atoms with Crippen LogP contribution in [0.15, 0.2) is 24.3 Å². The van der Waals surface area contributed by atoms with Crippen molar-refractivity contribution in [2.45, 2.75) is 26.2 Å². The second-order valence-electron chi connectivity index (χ2n) is 4.47. The van der Waals surface area contributed by atoms with Crippen LogP contribution in [0.25, 0.3) is 0 Å². The van der Waals surface area contributed by atoms with Gasteiger partial charge < -0.3 is 10.2 Å². The van der Waals surface area contributed by atoms with Gasteiger partial charge in [0, 0.05) is 18.7 Å². The summed E-state index contributed by atoms with van der Waals surface area (Å²) in [6.45, 7) is 3.87. The molecule has 1 aromatic rings. The molecule has 0 heterocycles. The summed E-state index contributed by atoms with van der Waals surface area (Å²) >= 11 is 0. The largest absolute Gasteiger partial charge is 0.326 e. The third-order valence-corrected chi connectivity index (χ3v) is 2.72. The SMILES string of the molecule is CCCCN(C)CCC(=O)Nc1cccc(F)c1. The molecule has 0 aliphatic carbocycles. The minimum atomic E-state index is -0.340. The number of anilines is 1. The lowest BCUT2D eigenvalue weighted by atomic mass is 10.3. The van der Waals surface area contributed by atoms with Gasteiger partial charge in [0.15, 0.2) is 0 Å². The van der Waals surface area contributed by atoms with Gasteiger partial charge in [-0.25, -0.2) is 4.39 Å². The summed E-state index contributed by atoms with van der Waals surface area (Å²) in [5.41, 5.74) is 0.510. The highest BCUT2D eigenvalue weighted by Gasteiger charge is 2.05. The smallest absolute Gasteiger partial charge is 0.225 e. The predicted molar refractivity (Wildman–Crippen MR) is 72.1 cm³/mol. The molecule has 0 unspecified atom stereocenters. The number of nitrogens with zero attached hydrogens (tertiary/aromatic N) is 1. The van der Waals surface area contributed by atoms with E-state index in [-0.39, 0.29) is 11.7 Å². The molecule has 4 heteroatoms. The lowest BCUT2D eigenvalue weighted by Gasteiger charge is -2.15. The fourth-order valence-electron chi connectivity index (χ4n) is 1.62. The maximum absolute atomic E-state index is 12.9. The van der Waals surface area contributed by atoms with Crippen LogP contribution in [0, 0.1) is 5.82 Å². The summed E-state index contributed by atoms with van der Waals surface area (Å²) in [5, 5.41) is 2.69. The fraction of sp³-hybridized carbons (Fsp3) is 0.500. The number of amides is 1. The molecule has 1 amide bonds. The highest BCUT2D eigenvalue weighted by molar-refractivity contribution is 5.90. The molecule has 0 fully saturated rings. The quantitative estimate of drug-likeness (QED) is 0.809. The van der Waals surface area contributed by atoms with Gasteiger partial charge in [0.1, 0.15) is 5.82 Å². The van der Waals surface area contributed by atoms with Crippen LogP contribution in [0.1, 0.15) is 26.2 Å². The topological polar surface area (TPSA) is 32.3 Å². The molecule has 0 atom stereocenters. The van der Waals surface area contributed by atoms with E-state index in [0.29, 0.717) is 12.1 Å². The molecule has 1 N–H and O–H groups in total. The summed E-state index contributed by atoms with van der Waals surface area (Å²) in [6.07, 6.45) is 2.72. The first-order valence-corrected chi connectivity index (χ1v) is 6.35. The van der Waals surface area contributed by atoms with Gasteiger partial charge in [-0.3, -0.25) is 4.79 Å². The average molecular weight is 252 g/mol. The Hall–Kier alpha value is -1.42. The molecule has 0 aliphatic rings. The second-order valence-corrected chi connectivity index (χ2v) is 4.47. The number of hydrogen-bond acceptors (Lipinski definition) is 2. The van der Waals surface area contributed by atoms with Crippen molar-refractivity contribution in [2.75, 3.05) is 25.5 Å². The van der Waals surface area contributed by atoms with Gasteiger partial charge in [-0.1, -0.05) is 19.4 Å². The van der Waals surface area contributed by atoms with Crippen molar-refractivity contribution >= 4 is 11.6 Å². The number of benzene rings is 1. The highest BCUT2D eigenvalue weighted by Crippen LogP contribution is 2.09. The number of rotatable bonds is 7. The monoisotopic (exact) mass is 252 g/mol. The first-order chi connectivity index (χ1) is 8.61. The molecule has 0 aliphatic heterocycles. The van der Waals surface area contributed by atoms with E-state index in [4.69, 9.17) is 0 Å². The Bertz CT molecular complexity index is 382. The Kier molecular flexibility index (Phi) is 6.36. The molecular formula is C14H21FN2O. The van der Waals surface area contributed by atoms with Crippen molar-refractivity contribution in [2.24, 2.45) is 0 Å². The molecule has 0 aromatic heterocycles. The van der Waals surface area contributed by atoms with E-state index in [2.05, 4.69) is 17.1 Å². The number of hydrogen-bond donors (Lipinski definition) is 1. The Morgan fingerprint density at radius 3 is 2.83 bits per heavy atom. The molecule has 1 rings (SSSR count). The predicted octanol–water partition coefficient (Wildman–Crippen LogP) is 2.89. The third kappa shape index (κ3) is 5.77. The molecule has 0 bridgehead atoms. The Morgan fingerprint density at radius 2 is 2.17 bits per heavy atom. The van der Waals surface area contributed by atoms with Crippen molar-refractivity contribution in [1.29, 1.82) is 0 Å². The fourth-order valence-corrected chi connectivity index (χ4v) is 1.62. The van der Waals surface area contributed by atoms with Crippen LogP contribution < -0.4 is 5.32 Å². The molecule has 3 nitrogen and oxygen atoms in total. The van der Waals surface area contributed by atoms with Gasteiger partial charge in [-0.05, 0) is 38.2 Å². The summed E-state index contributed by atoms with van der Waals surface area (Å²) in [6, 6.07) is 5.94. The van der Waals surface area contributed by atoms with E-state index in [1.165, 1.54) is 12.1 Å². The Labute approximate surface area is 108 Å². The van der Waals surface area contributed by atoms with E-state index in [1.807, 2.05) is 7.05 Å². The van der Waals surface area contributed by atoms with Crippen LogP contribution in [0.4, 0.5) is 10.1 Å². The van der Waals surface area contributed by atoms with E-state index in [0.717, 1.165) is 25.9 Å². The van der Waals surface area contributed by atoms with Crippen LogP contribution in [0.5, 0.6) is 0 Å². The summed E-state index contributed by atoms with van der Waals surface area (Å²) in [5.74, 6) is -0.420. The van der Waals surface area contributed by atoms with Gasteiger partial charge in [-0.2, -0.15) is 0 Å². The van der Waals surface area contributed by atoms with Crippen LogP contribution in [0.3, 0.4) is 0 Å². The maximum atomic E-state index is 12.9. The maximum Gasteiger partial charge on any atom is 0.225 e. The van der Waals surface area contributed by atoms with Gasteiger partial charge in [0.05, 0.1) is 0 Å². The first-order valence-electron chi connectivity index (χ1n) is 6.35. The van der Waals surface area contributed by atoms with E-state index >= 15 is 0 Å². The zero-order valence-electron chi connectivity index (χ0n) is 11.1. The van der Waals surface area contributed by atoms with Gasteiger partial charge in [0.2, 0.25) is 5.91 Å². The summed E-state index contributed by atoms with van der Waals surface area (Å²) < 4.78 is 12.9. The number of carbonyl (C=O) groups is 1. The lowest BCUT2D eigenvalue weighted by molar-refractivity contribution is -0.116. The first kappa shape index (κ1) is 14.6. The average Bonchev–Trinajstić information content (AvgIpc) is 2.34. The van der Waals surface area contributed by atoms with Crippen LogP contribution in [-0.2, 0) is 4.79 Å². The third-order valence-electron chi connectivity index (χ3n) is 2.72. The van der Waals surface area contributed by atoms with Gasteiger partial charge >= 0.3 is 0 Å². The van der Waals surface area contributed by atoms with Crippen molar-refractivity contribution in [1.82, 2.24) is 4.90 Å². The van der Waals surface area contributed by atoms with Crippen molar-refractivity contribution in [3.8, 4) is 0 Å². The molecule has 0 spiro atoms. The lowest BCUT2D eigenvalue weighted by Crippen LogP contribution is -2.25. The van der Waals surface area contributed by atoms with Crippen molar-refractivity contribution < 1.29 is 9.18 Å². The molecule has 0 saturated carbocycles. The standard InChI is InChI=1S/C14H21FN2O/c1-3-4-9-17(2)10-8-14(18)16-13-7-5-6-12(15)11-13/h5-7,11H,3-4,8-10H2,1-2H3,(H,16,18). The second kappa shape index (κ2) is 7.82. The van der Waals surface area contributed by atoms with Crippen LogP contribution >= 0.6 is 0 Å². The minimum Gasteiger partial charge on any atom is -0.326 e. The van der Waals surface area contributed by atoms with E-state index < -0.39 is 0 Å². The zero-order chi connectivity index (χ0) is 13.4. The normalized spacial score (nSPS) is 10.7. The van der Waals surface area contributed by atoms with Crippen molar-refractivity contribution in [3.63, 3.8) is 0 Å². The minimum absolute atomic E-state index is 0.0797. The van der Waals surface area contributed by atoms with E-state index in [1.54, 1.807) is 12.1 Å². The molecule has 0 radical (unpaired) electrons. The summed E-state index contributed by atoms with van der Waals surface area (Å²) in [7, 11) is 2.01. The van der Waals surface area contributed by atoms with E-state index in [9.17, 15) is 9.18 Å². The van der Waals surface area contributed by atoms with Gasteiger partial charge in [-0.15, -0.1) is 0 Å². The van der Waals surface area contributed by atoms with Gasteiger partial charge in [0.25, 0.3) is 0 Å². The number of nitrogens with one attached hydrogen (secondary N) is 1. The van der Waals surface area contributed by atoms with Crippen molar-refractivity contribution in [3.05, 3.63) is 30.1 Å². The number of carbonyl (C=O) groups excluding carboxylic acids is 1. The Morgan fingerprint density at radius 1 is 1.39 bits per heavy atom. The van der Waals surface area contributed by atoms with Crippen LogP contribution in [0.2, 0.25) is 0 Å². The molecule has 100 valence electrons. The molecule has 0 saturated heterocycles. The molecule has 18 heavy (non-hydrogen) atoms. The number of unbranched alkanes of at least 4 members (excludes halogenated alkanes) is 1. The summed E-state index contributed by atoms with van der Waals surface area (Å²) in [4.78, 5) is 13.8. The molecular weight excluding hydrogens is 231 g/mol. The zero-order valence-corrected chi connectivity index (χ0v) is 11.1. The highest BCUT2D eigenvalue weighted by atomic mass is 19.1. The number of halogens is 1. The molecule has 1 aromatic carbocycles. The Balaban J connectivity index is 2.29. The van der Waals surface area contributed by atoms with Crippen LogP contribution in [-0.4, -0.2) is 30.9 Å².